The topological polar surface area (TPSA) is 94.8 Å². The molecule has 1 unspecified atom stereocenters. The summed E-state index contributed by atoms with van der Waals surface area (Å²) in [5.74, 6) is -0.358. The number of rotatable bonds is 7. The maximum absolute atomic E-state index is 13.4. The number of hydrogen-bond donors (Lipinski definition) is 3. The van der Waals surface area contributed by atoms with Crippen LogP contribution in [0.3, 0.4) is 0 Å². The first-order valence-electron chi connectivity index (χ1n) is 9.61. The Morgan fingerprint density at radius 3 is 2.38 bits per heavy atom. The number of aliphatic hydroxyl groups excluding tert-OH is 1. The normalized spacial score (nSPS) is 21.8. The van der Waals surface area contributed by atoms with Gasteiger partial charge in [-0.3, -0.25) is 9.36 Å². The van der Waals surface area contributed by atoms with Crippen LogP contribution in [0, 0.1) is 16.6 Å². The van der Waals surface area contributed by atoms with E-state index in [-0.39, 0.29) is 16.6 Å². The summed E-state index contributed by atoms with van der Waals surface area (Å²) in [5.41, 5.74) is 2.47. The van der Waals surface area contributed by atoms with Gasteiger partial charge in [0.1, 0.15) is 5.82 Å². The van der Waals surface area contributed by atoms with Gasteiger partial charge in [-0.25, -0.2) is 4.39 Å². The van der Waals surface area contributed by atoms with Crippen molar-refractivity contribution < 1.29 is 28.9 Å². The molecule has 29 heavy (non-hydrogen) atoms. The Bertz CT molecular complexity index is 868. The minimum Gasteiger partial charge on any atom is -0.481 e. The number of hydrogen-bond acceptors (Lipinski definition) is 3. The quantitative estimate of drug-likeness (QED) is 0.533. The van der Waals surface area contributed by atoms with Crippen LogP contribution in [0.1, 0.15) is 52.5 Å². The van der Waals surface area contributed by atoms with Crippen LogP contribution in [-0.4, -0.2) is 33.3 Å². The average Bonchev–Trinajstić information content (AvgIpc) is 2.50. The number of aliphatic carboxylic acids is 1. The lowest BCUT2D eigenvalue weighted by atomic mass is 9.61. The summed E-state index contributed by atoms with van der Waals surface area (Å²) in [5, 5.41) is 18.5. The van der Waals surface area contributed by atoms with Crippen LogP contribution in [0.25, 0.3) is 5.57 Å². The first-order chi connectivity index (χ1) is 13.2. The molecule has 0 saturated heterocycles. The Balaban J connectivity index is 2.45. The highest BCUT2D eigenvalue weighted by atomic mass is 31.2. The number of halogens is 1. The van der Waals surface area contributed by atoms with Gasteiger partial charge in [0.15, 0.2) is 0 Å². The molecule has 3 N–H and O–H groups in total. The smallest absolute Gasteiger partial charge is 0.305 e. The second-order valence-electron chi connectivity index (χ2n) is 9.31. The van der Waals surface area contributed by atoms with E-state index in [0.29, 0.717) is 0 Å². The van der Waals surface area contributed by atoms with E-state index >= 15 is 0 Å². The van der Waals surface area contributed by atoms with Crippen molar-refractivity contribution in [2.24, 2.45) is 10.8 Å². The highest BCUT2D eigenvalue weighted by molar-refractivity contribution is 7.61. The molecule has 1 aromatic carbocycles. The van der Waals surface area contributed by atoms with Gasteiger partial charge < -0.3 is 15.1 Å². The fourth-order valence-electron chi connectivity index (χ4n) is 4.39. The molecule has 0 saturated carbocycles. The molecule has 1 aliphatic carbocycles. The van der Waals surface area contributed by atoms with Crippen molar-refractivity contribution in [3.8, 4) is 0 Å². The molecule has 7 heteroatoms. The maximum atomic E-state index is 13.4. The predicted molar refractivity (Wildman–Crippen MR) is 112 cm³/mol. The average molecular weight is 424 g/mol. The van der Waals surface area contributed by atoms with E-state index in [1.54, 1.807) is 18.2 Å². The maximum Gasteiger partial charge on any atom is 0.305 e. The molecule has 0 aromatic heterocycles. The molecule has 0 spiro atoms. The zero-order chi connectivity index (χ0) is 22.0. The molecule has 160 valence electrons. The number of aliphatic hydroxyl groups is 1. The van der Waals surface area contributed by atoms with Crippen molar-refractivity contribution in [2.45, 2.75) is 53.1 Å². The van der Waals surface area contributed by atoms with E-state index in [1.807, 2.05) is 0 Å². The van der Waals surface area contributed by atoms with Crippen molar-refractivity contribution in [3.05, 3.63) is 53.1 Å². The number of benzene rings is 1. The summed E-state index contributed by atoms with van der Waals surface area (Å²) >= 11 is 0. The third-order valence-corrected chi connectivity index (χ3v) is 6.74. The lowest BCUT2D eigenvalue weighted by Crippen LogP contribution is -2.30. The van der Waals surface area contributed by atoms with Crippen LogP contribution < -0.4 is 0 Å². The third kappa shape index (κ3) is 6.63. The lowest BCUT2D eigenvalue weighted by Gasteiger charge is -2.43. The van der Waals surface area contributed by atoms with Crippen molar-refractivity contribution in [1.29, 1.82) is 0 Å². The number of carboxylic acid groups (broad SMARTS) is 1. The molecule has 2 rings (SSSR count). The van der Waals surface area contributed by atoms with Crippen molar-refractivity contribution in [3.63, 3.8) is 0 Å². The first-order valence-corrected chi connectivity index (χ1v) is 11.5. The fraction of sp³-hybridized carbons (Fsp3) is 0.500. The summed E-state index contributed by atoms with van der Waals surface area (Å²) < 4.78 is 25.9. The second kappa shape index (κ2) is 8.55. The highest BCUT2D eigenvalue weighted by Crippen LogP contribution is 2.53. The molecule has 0 bridgehead atoms. The van der Waals surface area contributed by atoms with Gasteiger partial charge >= 0.3 is 5.97 Å². The van der Waals surface area contributed by atoms with E-state index in [4.69, 9.17) is 5.11 Å². The summed E-state index contributed by atoms with van der Waals surface area (Å²) in [6.45, 7) is 8.47. The van der Waals surface area contributed by atoms with E-state index in [1.165, 1.54) is 17.9 Å². The van der Waals surface area contributed by atoms with Gasteiger partial charge in [0.2, 0.25) is 7.37 Å². The zero-order valence-corrected chi connectivity index (χ0v) is 18.2. The van der Waals surface area contributed by atoms with Crippen LogP contribution >= 0.6 is 7.37 Å². The van der Waals surface area contributed by atoms with E-state index in [0.717, 1.165) is 29.6 Å². The zero-order valence-electron chi connectivity index (χ0n) is 17.4. The van der Waals surface area contributed by atoms with Gasteiger partial charge in [-0.2, -0.15) is 0 Å². The lowest BCUT2D eigenvalue weighted by molar-refractivity contribution is -0.138. The molecule has 0 aliphatic heterocycles. The number of carbonyl (C=O) groups is 1. The van der Waals surface area contributed by atoms with Crippen molar-refractivity contribution in [2.75, 3.05) is 6.16 Å². The number of allylic oxidation sites excluding steroid dienone is 3. The highest BCUT2D eigenvalue weighted by Gasteiger charge is 2.38. The minimum atomic E-state index is -3.87. The second-order valence-corrected chi connectivity index (χ2v) is 11.5. The van der Waals surface area contributed by atoms with Crippen LogP contribution in [0.4, 0.5) is 4.39 Å². The van der Waals surface area contributed by atoms with E-state index < -0.39 is 32.0 Å². The Morgan fingerprint density at radius 2 is 1.83 bits per heavy atom. The molecule has 0 radical (unpaired) electrons. The monoisotopic (exact) mass is 424 g/mol. The Kier molecular flexibility index (Phi) is 6.93. The largest absolute Gasteiger partial charge is 0.481 e. The van der Waals surface area contributed by atoms with Gasteiger partial charge in [0.25, 0.3) is 0 Å². The first kappa shape index (κ1) is 23.5. The summed E-state index contributed by atoms with van der Waals surface area (Å²) in [7, 11) is -3.87. The van der Waals surface area contributed by atoms with Crippen molar-refractivity contribution in [1.82, 2.24) is 0 Å². The summed E-state index contributed by atoms with van der Waals surface area (Å²) in [6, 6.07) is 6.23. The SMILES string of the molecule is CC1(C)CC(c2ccc(F)cc2)=C(/C=C/P(=O)(O)C[C@@H](O)CC(=O)O)C(C)(C)C1. The molecule has 0 fully saturated rings. The van der Waals surface area contributed by atoms with E-state index in [9.17, 15) is 23.7 Å². The molecular weight excluding hydrogens is 394 g/mol. The summed E-state index contributed by atoms with van der Waals surface area (Å²) in [6.07, 6.45) is 0.739. The molecule has 1 aromatic rings. The van der Waals surface area contributed by atoms with Crippen LogP contribution in [0.15, 0.2) is 41.7 Å². The fourth-order valence-corrected chi connectivity index (χ4v) is 5.63. The van der Waals surface area contributed by atoms with Gasteiger partial charge in [-0.15, -0.1) is 0 Å². The minimum absolute atomic E-state index is 0.00511. The van der Waals surface area contributed by atoms with Gasteiger partial charge in [0.05, 0.1) is 18.7 Å². The van der Waals surface area contributed by atoms with Crippen LogP contribution in [-0.2, 0) is 9.36 Å². The predicted octanol–water partition coefficient (Wildman–Crippen LogP) is 5.05. The van der Waals surface area contributed by atoms with Crippen molar-refractivity contribution >= 4 is 18.9 Å². The Morgan fingerprint density at radius 1 is 1.24 bits per heavy atom. The Labute approximate surface area is 171 Å². The molecule has 2 atom stereocenters. The third-order valence-electron chi connectivity index (χ3n) is 5.18. The molecular formula is C22H30FO5P. The van der Waals surface area contributed by atoms with Gasteiger partial charge in [0, 0.05) is 5.82 Å². The molecule has 5 nitrogen and oxygen atoms in total. The standard InChI is InChI=1S/C22H30FO5P/c1-21(2)12-18(15-5-7-16(23)8-6-15)19(22(3,4)14-21)9-10-29(27,28)13-17(24)11-20(25)26/h5-10,17,24H,11-14H2,1-4H3,(H,25,26)(H,27,28)/b10-9+/t17-/m0/s1. The van der Waals surface area contributed by atoms with Crippen LogP contribution in [0.5, 0.6) is 0 Å². The van der Waals surface area contributed by atoms with Crippen LogP contribution in [0.2, 0.25) is 0 Å². The van der Waals surface area contributed by atoms with E-state index in [2.05, 4.69) is 27.7 Å². The molecule has 0 heterocycles. The Hall–Kier alpha value is -1.75. The van der Waals surface area contributed by atoms with Gasteiger partial charge in [-0.1, -0.05) is 45.9 Å². The molecule has 0 amide bonds. The number of carboxylic acids is 1. The molecule has 1 aliphatic rings. The summed E-state index contributed by atoms with van der Waals surface area (Å²) in [4.78, 5) is 20.9. The van der Waals surface area contributed by atoms with Gasteiger partial charge in [-0.05, 0) is 52.5 Å².